The Bertz CT molecular complexity index is 1220. The number of hydrogen-bond donors (Lipinski definition) is 1. The Kier molecular flexibility index (Phi) is 6.24. The molecule has 1 aliphatic rings. The van der Waals surface area contributed by atoms with Gasteiger partial charge in [0.05, 0.1) is 18.7 Å². The van der Waals surface area contributed by atoms with Crippen LogP contribution in [0, 0.1) is 0 Å². The zero-order valence-electron chi connectivity index (χ0n) is 19.8. The van der Waals surface area contributed by atoms with Crippen molar-refractivity contribution in [2.45, 2.75) is 38.8 Å². The minimum absolute atomic E-state index is 0.0412. The van der Waals surface area contributed by atoms with Gasteiger partial charge in [-0.3, -0.25) is 14.6 Å². The molecule has 2 aromatic carbocycles. The monoisotopic (exact) mass is 456 g/mol. The Balaban J connectivity index is 1.84. The molecule has 0 spiro atoms. The van der Waals surface area contributed by atoms with Crippen LogP contribution >= 0.6 is 0 Å². The van der Waals surface area contributed by atoms with E-state index in [1.165, 1.54) is 4.90 Å². The maximum absolute atomic E-state index is 13.2. The summed E-state index contributed by atoms with van der Waals surface area (Å²) < 4.78 is 5.19. The number of hydrogen-bond acceptors (Lipinski definition) is 5. The Morgan fingerprint density at radius 1 is 0.971 bits per heavy atom. The SMILES string of the molecule is COc1ccc(/C(O)=C2/C(=O)C(=O)N(Cc3ccncc3)C2c2ccc(C(C)(C)C)cc2)cc1. The van der Waals surface area contributed by atoms with Crippen LogP contribution in [0.15, 0.2) is 78.6 Å². The van der Waals surface area contributed by atoms with Gasteiger partial charge in [0, 0.05) is 24.5 Å². The van der Waals surface area contributed by atoms with Gasteiger partial charge in [0.1, 0.15) is 11.5 Å². The van der Waals surface area contributed by atoms with Crippen molar-refractivity contribution < 1.29 is 19.4 Å². The number of rotatable bonds is 5. The van der Waals surface area contributed by atoms with Crippen molar-refractivity contribution in [2.75, 3.05) is 7.11 Å². The van der Waals surface area contributed by atoms with Gasteiger partial charge >= 0.3 is 0 Å². The molecule has 34 heavy (non-hydrogen) atoms. The second-order valence-electron chi connectivity index (χ2n) is 9.38. The number of amides is 1. The lowest BCUT2D eigenvalue weighted by atomic mass is 9.85. The quantitative estimate of drug-likeness (QED) is 0.332. The number of nitrogens with zero attached hydrogens (tertiary/aromatic N) is 2. The molecule has 0 saturated carbocycles. The van der Waals surface area contributed by atoms with Crippen molar-refractivity contribution in [1.82, 2.24) is 9.88 Å². The largest absolute Gasteiger partial charge is 0.507 e. The van der Waals surface area contributed by atoms with Gasteiger partial charge in [0.2, 0.25) is 0 Å². The van der Waals surface area contributed by atoms with E-state index in [9.17, 15) is 14.7 Å². The van der Waals surface area contributed by atoms with E-state index >= 15 is 0 Å². The number of aliphatic hydroxyl groups is 1. The average Bonchev–Trinajstić information content (AvgIpc) is 3.09. The maximum atomic E-state index is 13.2. The molecule has 1 fully saturated rings. The van der Waals surface area contributed by atoms with E-state index < -0.39 is 17.7 Å². The van der Waals surface area contributed by atoms with E-state index in [4.69, 9.17) is 4.74 Å². The first kappa shape index (κ1) is 23.2. The normalized spacial score (nSPS) is 17.8. The standard InChI is InChI=1S/C28H28N2O4/c1-28(2,3)21-9-5-19(6-10-21)24-23(25(31)20-7-11-22(34-4)12-8-20)26(32)27(33)30(24)17-18-13-15-29-16-14-18/h5-16,24,31H,17H2,1-4H3/b25-23-. The van der Waals surface area contributed by atoms with Crippen LogP contribution in [0.25, 0.3) is 5.76 Å². The van der Waals surface area contributed by atoms with Crippen LogP contribution in [-0.4, -0.2) is 33.8 Å². The lowest BCUT2D eigenvalue weighted by Gasteiger charge is -2.26. The van der Waals surface area contributed by atoms with Crippen molar-refractivity contribution >= 4 is 17.4 Å². The number of pyridine rings is 1. The minimum Gasteiger partial charge on any atom is -0.507 e. The molecule has 6 heteroatoms. The highest BCUT2D eigenvalue weighted by molar-refractivity contribution is 6.46. The van der Waals surface area contributed by atoms with Gasteiger partial charge < -0.3 is 14.7 Å². The van der Waals surface area contributed by atoms with Crippen LogP contribution in [0.3, 0.4) is 0 Å². The number of aliphatic hydroxyl groups excluding tert-OH is 1. The summed E-state index contributed by atoms with van der Waals surface area (Å²) >= 11 is 0. The van der Waals surface area contributed by atoms with Crippen molar-refractivity contribution in [2.24, 2.45) is 0 Å². The smallest absolute Gasteiger partial charge is 0.295 e. The molecule has 174 valence electrons. The number of ether oxygens (including phenoxy) is 1. The van der Waals surface area contributed by atoms with E-state index in [1.54, 1.807) is 43.8 Å². The van der Waals surface area contributed by atoms with Gasteiger partial charge in [-0.2, -0.15) is 0 Å². The summed E-state index contributed by atoms with van der Waals surface area (Å²) in [5.41, 5.74) is 3.22. The Labute approximate surface area is 199 Å². The number of methoxy groups -OCH3 is 1. The fourth-order valence-corrected chi connectivity index (χ4v) is 4.14. The molecule has 0 bridgehead atoms. The molecule has 0 aliphatic carbocycles. The summed E-state index contributed by atoms with van der Waals surface area (Å²) in [7, 11) is 1.56. The summed E-state index contributed by atoms with van der Waals surface area (Å²) in [6.45, 7) is 6.60. The van der Waals surface area contributed by atoms with E-state index in [1.807, 2.05) is 36.4 Å². The topological polar surface area (TPSA) is 79.7 Å². The number of carbonyl (C=O) groups excluding carboxylic acids is 2. The van der Waals surface area contributed by atoms with Gasteiger partial charge in [-0.15, -0.1) is 0 Å². The van der Waals surface area contributed by atoms with Crippen molar-refractivity contribution in [3.8, 4) is 5.75 Å². The number of aromatic nitrogens is 1. The molecule has 1 aliphatic heterocycles. The van der Waals surface area contributed by atoms with Gasteiger partial charge in [0.15, 0.2) is 0 Å². The third-order valence-corrected chi connectivity index (χ3v) is 6.10. The van der Waals surface area contributed by atoms with E-state index in [2.05, 4.69) is 25.8 Å². The Morgan fingerprint density at radius 3 is 2.15 bits per heavy atom. The molecule has 1 aromatic heterocycles. The fraction of sp³-hybridized carbons (Fsp3) is 0.250. The maximum Gasteiger partial charge on any atom is 0.295 e. The van der Waals surface area contributed by atoms with Crippen LogP contribution in [-0.2, 0) is 21.5 Å². The minimum atomic E-state index is -0.718. The van der Waals surface area contributed by atoms with Crippen molar-refractivity contribution in [3.05, 3.63) is 101 Å². The molecule has 1 saturated heterocycles. The molecular weight excluding hydrogens is 428 g/mol. The van der Waals surface area contributed by atoms with Crippen LogP contribution in [0.1, 0.15) is 49.1 Å². The third-order valence-electron chi connectivity index (χ3n) is 6.10. The Morgan fingerprint density at radius 2 is 1.59 bits per heavy atom. The van der Waals surface area contributed by atoms with Crippen LogP contribution in [0.5, 0.6) is 5.75 Å². The predicted octanol–water partition coefficient (Wildman–Crippen LogP) is 5.01. The first-order chi connectivity index (χ1) is 16.2. The molecular formula is C28H28N2O4. The van der Waals surface area contributed by atoms with Crippen LogP contribution in [0.4, 0.5) is 0 Å². The predicted molar refractivity (Wildman–Crippen MR) is 130 cm³/mol. The Hall–Kier alpha value is -3.93. The molecule has 1 atom stereocenters. The van der Waals surface area contributed by atoms with Crippen LogP contribution < -0.4 is 4.74 Å². The molecule has 1 unspecified atom stereocenters. The van der Waals surface area contributed by atoms with E-state index in [-0.39, 0.29) is 23.3 Å². The second-order valence-corrected chi connectivity index (χ2v) is 9.38. The summed E-state index contributed by atoms with van der Waals surface area (Å²) in [4.78, 5) is 31.9. The number of ketones is 1. The number of likely N-dealkylation sites (tertiary alicyclic amines) is 1. The number of benzene rings is 2. The van der Waals surface area contributed by atoms with Gasteiger partial charge in [-0.1, -0.05) is 45.0 Å². The molecule has 6 nitrogen and oxygen atoms in total. The summed E-state index contributed by atoms with van der Waals surface area (Å²) in [5.74, 6) is -0.920. The number of carbonyl (C=O) groups is 2. The summed E-state index contributed by atoms with van der Waals surface area (Å²) in [5, 5.41) is 11.2. The highest BCUT2D eigenvalue weighted by Gasteiger charge is 2.46. The van der Waals surface area contributed by atoms with Gasteiger partial charge in [0.25, 0.3) is 11.7 Å². The number of Topliss-reactive ketones (excluding diaryl/α,β-unsaturated/α-hetero) is 1. The average molecular weight is 457 g/mol. The lowest BCUT2D eigenvalue weighted by molar-refractivity contribution is -0.140. The molecule has 1 N–H and O–H groups in total. The molecule has 0 radical (unpaired) electrons. The summed E-state index contributed by atoms with van der Waals surface area (Å²) in [6, 6.07) is 17.5. The zero-order valence-corrected chi connectivity index (χ0v) is 19.8. The van der Waals surface area contributed by atoms with E-state index in [0.29, 0.717) is 11.3 Å². The van der Waals surface area contributed by atoms with Gasteiger partial charge in [-0.25, -0.2) is 0 Å². The van der Waals surface area contributed by atoms with Crippen LogP contribution in [0.2, 0.25) is 0 Å². The first-order valence-electron chi connectivity index (χ1n) is 11.1. The third kappa shape index (κ3) is 4.44. The second kappa shape index (κ2) is 9.14. The highest BCUT2D eigenvalue weighted by Crippen LogP contribution is 2.41. The molecule has 2 heterocycles. The van der Waals surface area contributed by atoms with E-state index in [0.717, 1.165) is 16.7 Å². The van der Waals surface area contributed by atoms with Gasteiger partial charge in [-0.05, 0) is 58.5 Å². The fourth-order valence-electron chi connectivity index (χ4n) is 4.14. The zero-order chi connectivity index (χ0) is 24.5. The molecule has 1 amide bonds. The molecule has 4 rings (SSSR count). The summed E-state index contributed by atoms with van der Waals surface area (Å²) in [6.07, 6.45) is 3.30. The van der Waals surface area contributed by atoms with Crippen molar-refractivity contribution in [1.29, 1.82) is 0 Å². The first-order valence-corrected chi connectivity index (χ1v) is 11.1. The lowest BCUT2D eigenvalue weighted by Crippen LogP contribution is -2.29. The highest BCUT2D eigenvalue weighted by atomic mass is 16.5. The van der Waals surface area contributed by atoms with Crippen molar-refractivity contribution in [3.63, 3.8) is 0 Å². The molecule has 3 aromatic rings.